The molecule has 0 fully saturated rings. The average Bonchev–Trinajstić information content (AvgIpc) is 2.77. The number of urea groups is 1. The molecular formula is C25H24N6O. The highest BCUT2D eigenvalue weighted by molar-refractivity contribution is 5.99. The van der Waals surface area contributed by atoms with Crippen LogP contribution in [0.4, 0.5) is 39.2 Å². The van der Waals surface area contributed by atoms with Crippen LogP contribution in [0.1, 0.15) is 11.4 Å². The molecule has 0 aliphatic heterocycles. The summed E-state index contributed by atoms with van der Waals surface area (Å²) in [5.41, 5.74) is 4.43. The molecule has 160 valence electrons. The minimum Gasteiger partial charge on any atom is -0.340 e. The third-order valence-corrected chi connectivity index (χ3v) is 4.61. The Labute approximate surface area is 186 Å². The van der Waals surface area contributed by atoms with Crippen molar-refractivity contribution >= 4 is 40.4 Å². The van der Waals surface area contributed by atoms with Crippen LogP contribution in [0.25, 0.3) is 0 Å². The van der Waals surface area contributed by atoms with Crippen LogP contribution in [0.5, 0.6) is 0 Å². The Bertz CT molecular complexity index is 1190. The van der Waals surface area contributed by atoms with Crippen LogP contribution in [0.15, 0.2) is 84.9 Å². The van der Waals surface area contributed by atoms with E-state index in [-0.39, 0.29) is 6.03 Å². The van der Waals surface area contributed by atoms with Gasteiger partial charge in [0.2, 0.25) is 0 Å². The zero-order chi connectivity index (χ0) is 22.3. The smallest absolute Gasteiger partial charge is 0.323 e. The lowest BCUT2D eigenvalue weighted by Gasteiger charge is -2.11. The summed E-state index contributed by atoms with van der Waals surface area (Å²) in [7, 11) is 0. The number of rotatable bonds is 6. The first-order chi connectivity index (χ1) is 15.5. The number of para-hydroxylation sites is 1. The summed E-state index contributed by atoms with van der Waals surface area (Å²) in [5.74, 6) is 2.04. The maximum atomic E-state index is 12.1. The highest BCUT2D eigenvalue weighted by atomic mass is 16.2. The molecule has 0 aliphatic carbocycles. The number of nitrogens with zero attached hydrogens (tertiary/aromatic N) is 2. The van der Waals surface area contributed by atoms with Crippen LogP contribution in [-0.4, -0.2) is 16.0 Å². The molecule has 2 amide bonds. The van der Waals surface area contributed by atoms with Crippen molar-refractivity contribution in [3.8, 4) is 0 Å². The molecule has 4 aromatic rings. The standard InChI is InChI=1S/C25H24N6O/c1-17-8-10-20(11-9-17)28-23-16-24(27-18(2)26-23)29-21-12-14-22(15-13-21)31-25(32)30-19-6-4-3-5-7-19/h3-16H,1-2H3,(H2,30,31,32)(H2,26,27,28,29). The van der Waals surface area contributed by atoms with Crippen molar-refractivity contribution < 1.29 is 4.79 Å². The fourth-order valence-electron chi connectivity index (χ4n) is 3.08. The van der Waals surface area contributed by atoms with Crippen molar-refractivity contribution in [2.45, 2.75) is 13.8 Å². The van der Waals surface area contributed by atoms with Gasteiger partial charge >= 0.3 is 6.03 Å². The second kappa shape index (κ2) is 9.61. The summed E-state index contributed by atoms with van der Waals surface area (Å²) in [6.07, 6.45) is 0. The van der Waals surface area contributed by atoms with Gasteiger partial charge in [-0.3, -0.25) is 0 Å². The molecule has 0 bridgehead atoms. The van der Waals surface area contributed by atoms with E-state index in [9.17, 15) is 4.79 Å². The summed E-state index contributed by atoms with van der Waals surface area (Å²) >= 11 is 0. The topological polar surface area (TPSA) is 91.0 Å². The number of benzene rings is 3. The molecule has 4 rings (SSSR count). The number of nitrogens with one attached hydrogen (secondary N) is 4. The number of aryl methyl sites for hydroxylation is 2. The normalized spacial score (nSPS) is 10.3. The molecule has 0 unspecified atom stereocenters. The van der Waals surface area contributed by atoms with E-state index in [1.807, 2.05) is 91.9 Å². The molecule has 0 spiro atoms. The largest absolute Gasteiger partial charge is 0.340 e. The average molecular weight is 425 g/mol. The van der Waals surface area contributed by atoms with Gasteiger partial charge in [0.15, 0.2) is 0 Å². The van der Waals surface area contributed by atoms with Crippen LogP contribution in [-0.2, 0) is 0 Å². The van der Waals surface area contributed by atoms with E-state index in [1.54, 1.807) is 0 Å². The lowest BCUT2D eigenvalue weighted by Crippen LogP contribution is -2.19. The molecule has 0 atom stereocenters. The maximum Gasteiger partial charge on any atom is 0.323 e. The van der Waals surface area contributed by atoms with Crippen LogP contribution in [0.2, 0.25) is 0 Å². The third-order valence-electron chi connectivity index (χ3n) is 4.61. The number of carbonyl (C=O) groups excluding carboxylic acids is 1. The lowest BCUT2D eigenvalue weighted by molar-refractivity contribution is 0.262. The summed E-state index contributed by atoms with van der Waals surface area (Å²) < 4.78 is 0. The highest BCUT2D eigenvalue weighted by Gasteiger charge is 2.05. The van der Waals surface area contributed by atoms with Gasteiger partial charge in [0, 0.05) is 28.8 Å². The Hall–Kier alpha value is -4.39. The molecule has 0 saturated carbocycles. The van der Waals surface area contributed by atoms with Gasteiger partial charge in [0.05, 0.1) is 0 Å². The molecule has 0 radical (unpaired) electrons. The van der Waals surface area contributed by atoms with Gasteiger partial charge < -0.3 is 21.3 Å². The molecule has 4 N–H and O–H groups in total. The molecule has 0 saturated heterocycles. The summed E-state index contributed by atoms with van der Waals surface area (Å²) in [6.45, 7) is 3.90. The number of aromatic nitrogens is 2. The fraction of sp³-hybridized carbons (Fsp3) is 0.0800. The van der Waals surface area contributed by atoms with E-state index in [0.717, 1.165) is 17.1 Å². The van der Waals surface area contributed by atoms with Gasteiger partial charge in [-0.2, -0.15) is 0 Å². The predicted molar refractivity (Wildman–Crippen MR) is 130 cm³/mol. The summed E-state index contributed by atoms with van der Waals surface area (Å²) in [6, 6.07) is 26.4. The molecule has 7 nitrogen and oxygen atoms in total. The van der Waals surface area contributed by atoms with Crippen LogP contribution >= 0.6 is 0 Å². The second-order valence-electron chi connectivity index (χ2n) is 7.32. The highest BCUT2D eigenvalue weighted by Crippen LogP contribution is 2.22. The van der Waals surface area contributed by atoms with E-state index < -0.39 is 0 Å². The predicted octanol–water partition coefficient (Wildman–Crippen LogP) is 6.22. The van der Waals surface area contributed by atoms with Gasteiger partial charge in [-0.1, -0.05) is 35.9 Å². The van der Waals surface area contributed by atoms with Crippen molar-refractivity contribution in [3.63, 3.8) is 0 Å². The molecular weight excluding hydrogens is 400 g/mol. The van der Waals surface area contributed by atoms with Crippen molar-refractivity contribution in [2.24, 2.45) is 0 Å². The quantitative estimate of drug-likeness (QED) is 0.295. The first-order valence-electron chi connectivity index (χ1n) is 10.2. The van der Waals surface area contributed by atoms with E-state index in [4.69, 9.17) is 0 Å². The van der Waals surface area contributed by atoms with E-state index in [1.165, 1.54) is 5.56 Å². The van der Waals surface area contributed by atoms with Gasteiger partial charge in [-0.15, -0.1) is 0 Å². The van der Waals surface area contributed by atoms with Gasteiger partial charge in [0.1, 0.15) is 17.5 Å². The summed E-state index contributed by atoms with van der Waals surface area (Å²) in [4.78, 5) is 21.1. The SMILES string of the molecule is Cc1ccc(Nc2cc(Nc3ccc(NC(=O)Nc4ccccc4)cc3)nc(C)n2)cc1. The summed E-state index contributed by atoms with van der Waals surface area (Å²) in [5, 5.41) is 12.2. The number of anilines is 6. The molecule has 7 heteroatoms. The van der Waals surface area contributed by atoms with Crippen molar-refractivity contribution in [1.29, 1.82) is 0 Å². The van der Waals surface area contributed by atoms with Gasteiger partial charge in [0.25, 0.3) is 0 Å². The number of hydrogen-bond donors (Lipinski definition) is 4. The molecule has 1 heterocycles. The van der Waals surface area contributed by atoms with Crippen molar-refractivity contribution in [1.82, 2.24) is 9.97 Å². The Kier molecular flexibility index (Phi) is 6.27. The minimum atomic E-state index is -0.296. The van der Waals surface area contributed by atoms with Gasteiger partial charge in [-0.25, -0.2) is 14.8 Å². The zero-order valence-corrected chi connectivity index (χ0v) is 17.9. The first-order valence-corrected chi connectivity index (χ1v) is 10.2. The molecule has 1 aromatic heterocycles. The second-order valence-corrected chi connectivity index (χ2v) is 7.32. The van der Waals surface area contributed by atoms with Crippen LogP contribution in [0, 0.1) is 13.8 Å². The van der Waals surface area contributed by atoms with Crippen molar-refractivity contribution in [2.75, 3.05) is 21.3 Å². The molecule has 32 heavy (non-hydrogen) atoms. The van der Waals surface area contributed by atoms with Gasteiger partial charge in [-0.05, 0) is 62.4 Å². The minimum absolute atomic E-state index is 0.296. The van der Waals surface area contributed by atoms with Crippen LogP contribution < -0.4 is 21.3 Å². The number of carbonyl (C=O) groups is 1. The number of amides is 2. The van der Waals surface area contributed by atoms with E-state index in [0.29, 0.717) is 23.1 Å². The monoisotopic (exact) mass is 424 g/mol. The van der Waals surface area contributed by atoms with Crippen molar-refractivity contribution in [3.05, 3.63) is 96.3 Å². The van der Waals surface area contributed by atoms with Crippen LogP contribution in [0.3, 0.4) is 0 Å². The Balaban J connectivity index is 1.39. The maximum absolute atomic E-state index is 12.1. The van der Waals surface area contributed by atoms with E-state index >= 15 is 0 Å². The van der Waals surface area contributed by atoms with E-state index in [2.05, 4.69) is 38.2 Å². The molecule has 0 aliphatic rings. The number of hydrogen-bond acceptors (Lipinski definition) is 5. The Morgan fingerprint density at radius 3 is 1.66 bits per heavy atom. The Morgan fingerprint density at radius 1 is 0.625 bits per heavy atom. The molecule has 3 aromatic carbocycles. The first kappa shape index (κ1) is 20.9. The lowest BCUT2D eigenvalue weighted by atomic mass is 10.2. The third kappa shape index (κ3) is 5.82. The zero-order valence-electron chi connectivity index (χ0n) is 17.9. The Morgan fingerprint density at radius 2 is 1.09 bits per heavy atom. The fourth-order valence-corrected chi connectivity index (χ4v) is 3.08.